The van der Waals surface area contributed by atoms with Crippen LogP contribution in [0.3, 0.4) is 0 Å². The van der Waals surface area contributed by atoms with Gasteiger partial charge in [0.2, 0.25) is 5.91 Å². The van der Waals surface area contributed by atoms with E-state index < -0.39 is 16.6 Å². The molecule has 1 N–H and O–H groups in total. The molecule has 31 heavy (non-hydrogen) atoms. The van der Waals surface area contributed by atoms with Crippen LogP contribution >= 0.6 is 23.4 Å². The Morgan fingerprint density at radius 2 is 2.03 bits per heavy atom. The van der Waals surface area contributed by atoms with Gasteiger partial charge in [-0.1, -0.05) is 49.3 Å². The SMILES string of the molecule is CC(C)Cn1c(SCC(=O)Nc2ccc(Cl)cc2[N+](=O)[O-])nnc1-c1ccccc1F. The van der Waals surface area contributed by atoms with E-state index >= 15 is 0 Å². The van der Waals surface area contributed by atoms with Crippen molar-refractivity contribution in [3.05, 3.63) is 63.4 Å². The third kappa shape index (κ3) is 5.59. The van der Waals surface area contributed by atoms with Gasteiger partial charge in [-0.25, -0.2) is 4.39 Å². The normalized spacial score (nSPS) is 11.0. The van der Waals surface area contributed by atoms with Crippen LogP contribution < -0.4 is 5.32 Å². The molecule has 0 fully saturated rings. The molecule has 0 aliphatic heterocycles. The van der Waals surface area contributed by atoms with Crippen LogP contribution in [0.15, 0.2) is 47.6 Å². The Hall–Kier alpha value is -2.98. The summed E-state index contributed by atoms with van der Waals surface area (Å²) in [6.07, 6.45) is 0. The number of amides is 1. The maximum Gasteiger partial charge on any atom is 0.294 e. The topological polar surface area (TPSA) is 103 Å². The molecule has 0 saturated heterocycles. The predicted molar refractivity (Wildman–Crippen MR) is 118 cm³/mol. The Morgan fingerprint density at radius 1 is 1.29 bits per heavy atom. The Kier molecular flexibility index (Phi) is 7.24. The molecular weight excluding hydrogens is 445 g/mol. The number of benzene rings is 2. The number of carbonyl (C=O) groups excluding carboxylic acids is 1. The van der Waals surface area contributed by atoms with Crippen LogP contribution in [0, 0.1) is 21.8 Å². The van der Waals surface area contributed by atoms with Crippen molar-refractivity contribution >= 4 is 40.6 Å². The van der Waals surface area contributed by atoms with E-state index in [1.165, 1.54) is 24.3 Å². The first-order valence-corrected chi connectivity index (χ1v) is 10.7. The first-order valence-electron chi connectivity index (χ1n) is 9.31. The van der Waals surface area contributed by atoms with E-state index in [1.807, 2.05) is 13.8 Å². The summed E-state index contributed by atoms with van der Waals surface area (Å²) in [5.74, 6) is -0.325. The van der Waals surface area contributed by atoms with Crippen LogP contribution in [0.5, 0.6) is 0 Å². The average Bonchev–Trinajstić information content (AvgIpc) is 3.09. The van der Waals surface area contributed by atoms with E-state index in [1.54, 1.807) is 22.8 Å². The summed E-state index contributed by atoms with van der Waals surface area (Å²) in [4.78, 5) is 23.0. The van der Waals surface area contributed by atoms with Crippen LogP contribution in [0.2, 0.25) is 5.02 Å². The molecule has 0 atom stereocenters. The van der Waals surface area contributed by atoms with Crippen molar-refractivity contribution in [3.63, 3.8) is 0 Å². The molecule has 0 radical (unpaired) electrons. The van der Waals surface area contributed by atoms with Gasteiger partial charge >= 0.3 is 0 Å². The van der Waals surface area contributed by atoms with Gasteiger partial charge in [0.05, 0.1) is 16.2 Å². The number of hydrogen-bond donors (Lipinski definition) is 1. The lowest BCUT2D eigenvalue weighted by Crippen LogP contribution is -2.16. The summed E-state index contributed by atoms with van der Waals surface area (Å²) < 4.78 is 16.0. The molecule has 8 nitrogen and oxygen atoms in total. The molecule has 0 unspecified atom stereocenters. The van der Waals surface area contributed by atoms with Gasteiger partial charge in [0.15, 0.2) is 11.0 Å². The minimum atomic E-state index is -0.616. The summed E-state index contributed by atoms with van der Waals surface area (Å²) in [7, 11) is 0. The van der Waals surface area contributed by atoms with Gasteiger partial charge in [0.25, 0.3) is 5.69 Å². The second-order valence-corrected chi connectivity index (χ2v) is 8.42. The number of carbonyl (C=O) groups is 1. The van der Waals surface area contributed by atoms with Crippen LogP contribution in [0.1, 0.15) is 13.8 Å². The van der Waals surface area contributed by atoms with Gasteiger partial charge < -0.3 is 9.88 Å². The quantitative estimate of drug-likeness (QED) is 0.285. The largest absolute Gasteiger partial charge is 0.320 e. The van der Waals surface area contributed by atoms with Gasteiger partial charge in [0, 0.05) is 17.6 Å². The molecule has 0 spiro atoms. The van der Waals surface area contributed by atoms with Crippen molar-refractivity contribution < 1.29 is 14.1 Å². The lowest BCUT2D eigenvalue weighted by molar-refractivity contribution is -0.383. The number of nitrogens with zero attached hydrogens (tertiary/aromatic N) is 4. The fourth-order valence-electron chi connectivity index (χ4n) is 2.84. The van der Waals surface area contributed by atoms with Crippen molar-refractivity contribution in [2.45, 2.75) is 25.5 Å². The van der Waals surface area contributed by atoms with Gasteiger partial charge in [-0.05, 0) is 30.2 Å². The fourth-order valence-corrected chi connectivity index (χ4v) is 3.76. The second kappa shape index (κ2) is 9.88. The molecule has 3 rings (SSSR count). The molecule has 3 aromatic rings. The molecular formula is C20H19ClFN5O3S. The standard InChI is InChI=1S/C20H19ClFN5O3S/c1-12(2)10-26-19(14-5-3-4-6-15(14)22)24-25-20(26)31-11-18(28)23-16-8-7-13(21)9-17(16)27(29)30/h3-9,12H,10-11H2,1-2H3,(H,23,28). The smallest absolute Gasteiger partial charge is 0.294 e. The van der Waals surface area contributed by atoms with Crippen molar-refractivity contribution in [3.8, 4) is 11.4 Å². The van der Waals surface area contributed by atoms with Crippen LogP contribution in [-0.2, 0) is 11.3 Å². The Morgan fingerprint density at radius 3 is 2.71 bits per heavy atom. The zero-order valence-corrected chi connectivity index (χ0v) is 18.3. The molecule has 0 saturated carbocycles. The number of anilines is 1. The summed E-state index contributed by atoms with van der Waals surface area (Å²) in [6.45, 7) is 4.54. The third-order valence-corrected chi connectivity index (χ3v) is 5.34. The Balaban J connectivity index is 1.78. The number of hydrogen-bond acceptors (Lipinski definition) is 6. The van der Waals surface area contributed by atoms with Crippen LogP contribution in [-0.4, -0.2) is 31.3 Å². The number of nitro groups is 1. The average molecular weight is 464 g/mol. The number of nitro benzene ring substituents is 1. The number of aromatic nitrogens is 3. The first kappa shape index (κ1) is 22.7. The van der Waals surface area contributed by atoms with Crippen molar-refractivity contribution in [1.29, 1.82) is 0 Å². The van der Waals surface area contributed by atoms with Crippen molar-refractivity contribution in [2.24, 2.45) is 5.92 Å². The highest BCUT2D eigenvalue weighted by atomic mass is 35.5. The predicted octanol–water partition coefficient (Wildman–Crippen LogP) is 5.03. The van der Waals surface area contributed by atoms with Gasteiger partial charge in [-0.2, -0.15) is 0 Å². The summed E-state index contributed by atoms with van der Waals surface area (Å²) in [6, 6.07) is 10.3. The number of halogens is 2. The van der Waals surface area contributed by atoms with Crippen LogP contribution in [0.4, 0.5) is 15.8 Å². The Labute approximate surface area is 187 Å². The highest BCUT2D eigenvalue weighted by Crippen LogP contribution is 2.29. The van der Waals surface area contributed by atoms with Crippen LogP contribution in [0.25, 0.3) is 11.4 Å². The molecule has 2 aromatic carbocycles. The maximum atomic E-state index is 14.3. The highest BCUT2D eigenvalue weighted by molar-refractivity contribution is 7.99. The molecule has 0 aliphatic rings. The number of thioether (sulfide) groups is 1. The lowest BCUT2D eigenvalue weighted by Gasteiger charge is -2.13. The van der Waals surface area contributed by atoms with E-state index in [-0.39, 0.29) is 28.1 Å². The summed E-state index contributed by atoms with van der Waals surface area (Å²) >= 11 is 6.91. The zero-order valence-electron chi connectivity index (χ0n) is 16.7. The van der Waals surface area contributed by atoms with E-state index in [4.69, 9.17) is 11.6 Å². The zero-order chi connectivity index (χ0) is 22.5. The first-order chi connectivity index (χ1) is 14.8. The van der Waals surface area contributed by atoms with Gasteiger partial charge in [-0.3, -0.25) is 14.9 Å². The van der Waals surface area contributed by atoms with E-state index in [2.05, 4.69) is 15.5 Å². The molecule has 1 amide bonds. The summed E-state index contributed by atoms with van der Waals surface area (Å²) in [5.41, 5.74) is 0.0788. The van der Waals surface area contributed by atoms with E-state index in [9.17, 15) is 19.3 Å². The number of rotatable bonds is 8. The molecule has 1 aromatic heterocycles. The van der Waals surface area contributed by atoms with Crippen molar-refractivity contribution in [1.82, 2.24) is 14.8 Å². The van der Waals surface area contributed by atoms with E-state index in [0.717, 1.165) is 11.8 Å². The summed E-state index contributed by atoms with van der Waals surface area (Å²) in [5, 5.41) is 22.6. The highest BCUT2D eigenvalue weighted by Gasteiger charge is 2.20. The monoisotopic (exact) mass is 463 g/mol. The van der Waals surface area contributed by atoms with Gasteiger partial charge in [-0.15, -0.1) is 10.2 Å². The van der Waals surface area contributed by atoms with E-state index in [0.29, 0.717) is 23.1 Å². The number of nitrogens with one attached hydrogen (secondary N) is 1. The molecule has 1 heterocycles. The lowest BCUT2D eigenvalue weighted by atomic mass is 10.2. The Bertz CT molecular complexity index is 1120. The minimum absolute atomic E-state index is 0.0516. The van der Waals surface area contributed by atoms with Gasteiger partial charge in [0.1, 0.15) is 11.5 Å². The van der Waals surface area contributed by atoms with Crippen molar-refractivity contribution in [2.75, 3.05) is 11.1 Å². The minimum Gasteiger partial charge on any atom is -0.320 e. The molecule has 162 valence electrons. The second-order valence-electron chi connectivity index (χ2n) is 7.05. The molecule has 0 bridgehead atoms. The third-order valence-electron chi connectivity index (χ3n) is 4.14. The molecule has 11 heteroatoms. The molecule has 0 aliphatic carbocycles. The fraction of sp³-hybridized carbons (Fsp3) is 0.250. The maximum absolute atomic E-state index is 14.3.